The number of ether oxygens (including phenoxy) is 2. The maximum Gasteiger partial charge on any atom is 0.231 e. The monoisotopic (exact) mass is 356 g/mol. The number of aryl methyl sites for hydroxylation is 2. The van der Waals surface area contributed by atoms with Crippen molar-refractivity contribution in [2.75, 3.05) is 13.8 Å². The van der Waals surface area contributed by atoms with Crippen LogP contribution >= 0.6 is 0 Å². The third-order valence-corrected chi connectivity index (χ3v) is 5.48. The average Bonchev–Trinajstić information content (AvgIpc) is 3.26. The predicted molar refractivity (Wildman–Crippen MR) is 96.0 cm³/mol. The number of fused-ring (bicyclic) bond motifs is 1. The van der Waals surface area contributed by atoms with Crippen molar-refractivity contribution < 1.29 is 14.3 Å². The number of nitrogens with one attached hydrogen (secondary N) is 1. The zero-order valence-corrected chi connectivity index (χ0v) is 15.6. The van der Waals surface area contributed by atoms with E-state index in [9.17, 15) is 4.79 Å². The molecule has 0 saturated carbocycles. The van der Waals surface area contributed by atoms with Gasteiger partial charge in [-0.05, 0) is 19.9 Å². The molecule has 3 heterocycles. The summed E-state index contributed by atoms with van der Waals surface area (Å²) in [5.74, 6) is 1.72. The molecular weight excluding hydrogens is 332 g/mol. The van der Waals surface area contributed by atoms with Crippen LogP contribution in [-0.2, 0) is 18.4 Å². The number of hydrogen-bond donors (Lipinski definition) is 1. The molecule has 0 bridgehead atoms. The highest BCUT2D eigenvalue weighted by Crippen LogP contribution is 2.37. The number of rotatable bonds is 4. The molecule has 0 aliphatic carbocycles. The molecule has 2 aliphatic rings. The molecule has 0 radical (unpaired) electrons. The van der Waals surface area contributed by atoms with Gasteiger partial charge in [0.25, 0.3) is 0 Å². The number of likely N-dealkylation sites (tertiary alicyclic amines) is 1. The molecule has 0 unspecified atom stereocenters. The molecule has 1 aromatic heterocycles. The summed E-state index contributed by atoms with van der Waals surface area (Å²) in [5.41, 5.74) is 4.25. The molecule has 1 saturated heterocycles. The topological polar surface area (TPSA) is 68.6 Å². The number of hydrogen-bond acceptors (Lipinski definition) is 5. The first kappa shape index (κ1) is 16.9. The van der Waals surface area contributed by atoms with E-state index in [4.69, 9.17) is 9.47 Å². The van der Waals surface area contributed by atoms with E-state index in [1.807, 2.05) is 48.8 Å². The molecule has 26 heavy (non-hydrogen) atoms. The highest BCUT2D eigenvalue weighted by molar-refractivity contribution is 5.80. The normalized spacial score (nSPS) is 21.7. The van der Waals surface area contributed by atoms with Crippen LogP contribution in [0.5, 0.6) is 11.5 Å². The predicted octanol–water partition coefficient (Wildman–Crippen LogP) is 1.83. The van der Waals surface area contributed by atoms with E-state index >= 15 is 0 Å². The summed E-state index contributed by atoms with van der Waals surface area (Å²) in [6, 6.07) is 5.89. The highest BCUT2D eigenvalue weighted by Gasteiger charge is 2.40. The van der Waals surface area contributed by atoms with Crippen molar-refractivity contribution in [1.29, 1.82) is 0 Å². The quantitative estimate of drug-likeness (QED) is 0.905. The molecule has 7 nitrogen and oxygen atoms in total. The lowest BCUT2D eigenvalue weighted by molar-refractivity contribution is -0.127. The summed E-state index contributed by atoms with van der Waals surface area (Å²) in [5, 5.41) is 8.09. The summed E-state index contributed by atoms with van der Waals surface area (Å²) >= 11 is 0. The number of benzene rings is 1. The van der Waals surface area contributed by atoms with Crippen LogP contribution in [0.15, 0.2) is 18.2 Å². The standard InChI is InChI=1S/C19H24N4O3/c1-11-17(12(2)23(4)21-11)18-14(8-16(24)22(18)3)20-9-13-6-5-7-15-19(13)26-10-25-15/h5-7,14,18,20H,8-10H2,1-4H3/t14-,18-/m1/s1. The van der Waals surface area contributed by atoms with Crippen LogP contribution in [0.1, 0.15) is 35.0 Å². The zero-order valence-electron chi connectivity index (χ0n) is 15.6. The van der Waals surface area contributed by atoms with Gasteiger partial charge in [-0.25, -0.2) is 0 Å². The molecule has 4 rings (SSSR count). The maximum absolute atomic E-state index is 12.4. The Kier molecular flexibility index (Phi) is 4.11. The molecule has 0 spiro atoms. The van der Waals surface area contributed by atoms with E-state index < -0.39 is 0 Å². The second kappa shape index (κ2) is 6.32. The average molecular weight is 356 g/mol. The summed E-state index contributed by atoms with van der Waals surface area (Å²) in [6.07, 6.45) is 0.474. The Morgan fingerprint density at radius 1 is 1.27 bits per heavy atom. The highest BCUT2D eigenvalue weighted by atomic mass is 16.7. The van der Waals surface area contributed by atoms with Crippen molar-refractivity contribution in [1.82, 2.24) is 20.0 Å². The van der Waals surface area contributed by atoms with Gasteiger partial charge in [-0.3, -0.25) is 9.48 Å². The molecular formula is C19H24N4O3. The fourth-order valence-electron chi connectivity index (χ4n) is 4.04. The summed E-state index contributed by atoms with van der Waals surface area (Å²) in [4.78, 5) is 14.2. The van der Waals surface area contributed by atoms with Crippen LogP contribution < -0.4 is 14.8 Å². The summed E-state index contributed by atoms with van der Waals surface area (Å²) in [6.45, 7) is 4.93. The van der Waals surface area contributed by atoms with Gasteiger partial charge in [0.2, 0.25) is 12.7 Å². The van der Waals surface area contributed by atoms with Crippen LogP contribution in [0.4, 0.5) is 0 Å². The van der Waals surface area contributed by atoms with Gasteiger partial charge in [0, 0.05) is 49.9 Å². The molecule has 1 amide bonds. The number of carbonyl (C=O) groups is 1. The number of amides is 1. The molecule has 1 N–H and O–H groups in total. The lowest BCUT2D eigenvalue weighted by atomic mass is 9.98. The minimum Gasteiger partial charge on any atom is -0.454 e. The fraction of sp³-hybridized carbons (Fsp3) is 0.474. The van der Waals surface area contributed by atoms with Crippen LogP contribution in [0, 0.1) is 13.8 Å². The van der Waals surface area contributed by atoms with Crippen LogP contribution in [-0.4, -0.2) is 40.5 Å². The third-order valence-electron chi connectivity index (χ3n) is 5.48. The molecule has 1 fully saturated rings. The minimum absolute atomic E-state index is 0.0206. The molecule has 1 aromatic carbocycles. The van der Waals surface area contributed by atoms with E-state index in [-0.39, 0.29) is 24.8 Å². The van der Waals surface area contributed by atoms with Gasteiger partial charge >= 0.3 is 0 Å². The van der Waals surface area contributed by atoms with Crippen molar-refractivity contribution >= 4 is 5.91 Å². The molecule has 2 aliphatic heterocycles. The van der Waals surface area contributed by atoms with Crippen molar-refractivity contribution in [2.45, 2.75) is 38.9 Å². The van der Waals surface area contributed by atoms with Gasteiger partial charge in [0.15, 0.2) is 11.5 Å². The first-order chi connectivity index (χ1) is 12.5. The number of likely N-dealkylation sites (N-methyl/N-ethyl adjacent to an activating group) is 1. The van der Waals surface area contributed by atoms with Gasteiger partial charge in [0.05, 0.1) is 11.7 Å². The molecule has 138 valence electrons. The first-order valence-corrected chi connectivity index (χ1v) is 8.84. The second-order valence-corrected chi connectivity index (χ2v) is 7.00. The van der Waals surface area contributed by atoms with Gasteiger partial charge in [-0.15, -0.1) is 0 Å². The van der Waals surface area contributed by atoms with Crippen molar-refractivity contribution in [3.63, 3.8) is 0 Å². The third kappa shape index (κ3) is 2.63. The fourth-order valence-corrected chi connectivity index (χ4v) is 4.04. The second-order valence-electron chi connectivity index (χ2n) is 7.00. The van der Waals surface area contributed by atoms with Gasteiger partial charge in [0.1, 0.15) is 0 Å². The Balaban J connectivity index is 1.59. The summed E-state index contributed by atoms with van der Waals surface area (Å²) in [7, 11) is 3.81. The minimum atomic E-state index is -0.0230. The Bertz CT molecular complexity index is 861. The molecule has 2 aromatic rings. The Morgan fingerprint density at radius 2 is 2.08 bits per heavy atom. The molecule has 2 atom stereocenters. The van der Waals surface area contributed by atoms with Crippen molar-refractivity contribution in [2.24, 2.45) is 7.05 Å². The van der Waals surface area contributed by atoms with Crippen molar-refractivity contribution in [3.8, 4) is 11.5 Å². The largest absolute Gasteiger partial charge is 0.454 e. The van der Waals surface area contributed by atoms with E-state index in [1.165, 1.54) is 0 Å². The summed E-state index contributed by atoms with van der Waals surface area (Å²) < 4.78 is 12.9. The smallest absolute Gasteiger partial charge is 0.231 e. The number of nitrogens with zero attached hydrogens (tertiary/aromatic N) is 3. The SMILES string of the molecule is Cc1nn(C)c(C)c1[C@H]1[C@H](NCc2cccc3c2OCO3)CC(=O)N1C. The zero-order chi connectivity index (χ0) is 18.4. The van der Waals surface area contributed by atoms with Crippen LogP contribution in [0.2, 0.25) is 0 Å². The van der Waals surface area contributed by atoms with Gasteiger partial charge < -0.3 is 19.7 Å². The van der Waals surface area contributed by atoms with Gasteiger partial charge in [-0.1, -0.05) is 12.1 Å². The van der Waals surface area contributed by atoms with E-state index in [2.05, 4.69) is 17.3 Å². The Morgan fingerprint density at radius 3 is 2.81 bits per heavy atom. The van der Waals surface area contributed by atoms with Crippen LogP contribution in [0.25, 0.3) is 0 Å². The van der Waals surface area contributed by atoms with E-state index in [0.29, 0.717) is 13.0 Å². The Labute approximate surface area is 152 Å². The van der Waals surface area contributed by atoms with E-state index in [0.717, 1.165) is 34.0 Å². The van der Waals surface area contributed by atoms with Crippen LogP contribution in [0.3, 0.4) is 0 Å². The lowest BCUT2D eigenvalue weighted by Gasteiger charge is -2.26. The maximum atomic E-state index is 12.4. The van der Waals surface area contributed by atoms with Gasteiger partial charge in [-0.2, -0.15) is 5.10 Å². The number of carbonyl (C=O) groups excluding carboxylic acids is 1. The molecule has 7 heteroatoms. The van der Waals surface area contributed by atoms with Crippen molar-refractivity contribution in [3.05, 3.63) is 40.7 Å². The number of para-hydroxylation sites is 1. The Hall–Kier alpha value is -2.54. The van der Waals surface area contributed by atoms with E-state index in [1.54, 1.807) is 0 Å². The lowest BCUT2D eigenvalue weighted by Crippen LogP contribution is -2.35. The first-order valence-electron chi connectivity index (χ1n) is 8.84. The number of aromatic nitrogens is 2.